The van der Waals surface area contributed by atoms with Crippen LogP contribution < -0.4 is 0 Å². The molecule has 1 atom stereocenters. The van der Waals surface area contributed by atoms with Crippen LogP contribution >= 0.6 is 0 Å². The normalized spacial score (nSPS) is 13.2. The van der Waals surface area contributed by atoms with Gasteiger partial charge in [0.25, 0.3) is 0 Å². The highest BCUT2D eigenvalue weighted by atomic mass is 16.6. The van der Waals surface area contributed by atoms with Crippen molar-refractivity contribution in [2.75, 3.05) is 13.2 Å². The number of unbranched alkanes of at least 4 members (excludes halogenated alkanes) is 14. The van der Waals surface area contributed by atoms with Gasteiger partial charge in [0.15, 0.2) is 6.10 Å². The molecule has 0 radical (unpaired) electrons. The molecule has 0 bridgehead atoms. The van der Waals surface area contributed by atoms with E-state index in [1.807, 2.05) is 6.08 Å². The quantitative estimate of drug-likeness (QED) is 0.0262. The van der Waals surface area contributed by atoms with Gasteiger partial charge in [0.05, 0.1) is 6.42 Å². The first-order chi connectivity index (χ1) is 33.0. The molecule has 67 heavy (non-hydrogen) atoms. The Morgan fingerprint density at radius 1 is 0.328 bits per heavy atom. The van der Waals surface area contributed by atoms with Crippen molar-refractivity contribution in [1.29, 1.82) is 0 Å². The highest BCUT2D eigenvalue weighted by molar-refractivity contribution is 5.72. The Morgan fingerprint density at radius 3 is 0.985 bits per heavy atom. The van der Waals surface area contributed by atoms with E-state index >= 15 is 0 Å². The zero-order valence-electron chi connectivity index (χ0n) is 42.9. The van der Waals surface area contributed by atoms with Crippen molar-refractivity contribution < 1.29 is 28.6 Å². The number of ether oxygens (including phenoxy) is 3. The Hall–Kier alpha value is -4.45. The summed E-state index contributed by atoms with van der Waals surface area (Å²) in [6.45, 7) is 6.28. The topological polar surface area (TPSA) is 78.9 Å². The number of hydrogen-bond donors (Lipinski definition) is 0. The van der Waals surface area contributed by atoms with Crippen LogP contribution in [0.2, 0.25) is 0 Å². The number of carbonyl (C=O) groups is 3. The molecule has 0 heterocycles. The van der Waals surface area contributed by atoms with Crippen LogP contribution in [0.1, 0.15) is 213 Å². The van der Waals surface area contributed by atoms with Crippen molar-refractivity contribution >= 4 is 17.9 Å². The van der Waals surface area contributed by atoms with E-state index in [0.29, 0.717) is 19.3 Å². The van der Waals surface area contributed by atoms with E-state index in [-0.39, 0.29) is 31.6 Å². The van der Waals surface area contributed by atoms with Crippen molar-refractivity contribution in [1.82, 2.24) is 0 Å². The lowest BCUT2D eigenvalue weighted by Gasteiger charge is -2.18. The molecule has 0 aliphatic heterocycles. The molecule has 0 spiro atoms. The molecule has 0 N–H and O–H groups in total. The average molecular weight is 925 g/mol. The van der Waals surface area contributed by atoms with Gasteiger partial charge in [-0.3, -0.25) is 14.4 Å². The molecular formula is C61H96O6. The lowest BCUT2D eigenvalue weighted by atomic mass is 10.1. The van der Waals surface area contributed by atoms with E-state index in [2.05, 4.69) is 142 Å². The van der Waals surface area contributed by atoms with Crippen LogP contribution in [0, 0.1) is 0 Å². The molecular weight excluding hydrogens is 829 g/mol. The maximum Gasteiger partial charge on any atom is 0.310 e. The fourth-order valence-electron chi connectivity index (χ4n) is 6.75. The Labute approximate surface area is 411 Å². The predicted octanol–water partition coefficient (Wildman–Crippen LogP) is 17.9. The van der Waals surface area contributed by atoms with E-state index in [9.17, 15) is 14.4 Å². The summed E-state index contributed by atoms with van der Waals surface area (Å²) in [5, 5.41) is 0. The van der Waals surface area contributed by atoms with Crippen molar-refractivity contribution in [3.05, 3.63) is 134 Å². The standard InChI is InChI=1S/C61H96O6/c1-4-7-10-13-16-19-22-24-26-27-28-29-30-31-32-33-35-36-39-42-45-48-51-54-60(63)66-57-58(56-65-59(62)53-50-47-44-41-38-21-18-15-12-9-6-3)67-61(64)55-52-49-46-43-40-37-34-25-23-20-17-14-11-8-5-2/h7-8,10-11,16-17,19-20,24-26,28-29,31-32,34-36,40,43,49,52,58H,4-6,9,12-15,18,21-23,27,30,33,37-39,41-42,44-48,50-51,53-57H2,1-3H3/b10-7-,11-8-,19-16-,20-17-,26-24-,29-28-,32-31-,34-25-,36-35-,43-40-,52-49-. The molecule has 0 aliphatic carbocycles. The molecule has 0 aromatic heterocycles. The van der Waals surface area contributed by atoms with E-state index in [0.717, 1.165) is 116 Å². The van der Waals surface area contributed by atoms with Crippen LogP contribution in [0.4, 0.5) is 0 Å². The van der Waals surface area contributed by atoms with Crippen LogP contribution in [-0.2, 0) is 28.6 Å². The minimum absolute atomic E-state index is 0.0865. The summed E-state index contributed by atoms with van der Waals surface area (Å²) in [5.74, 6) is -1.09. The summed E-state index contributed by atoms with van der Waals surface area (Å²) < 4.78 is 16.7. The fourth-order valence-corrected chi connectivity index (χ4v) is 6.75. The smallest absolute Gasteiger partial charge is 0.310 e. The fraction of sp³-hybridized carbons (Fsp3) is 0.590. The number of esters is 3. The molecule has 6 nitrogen and oxygen atoms in total. The van der Waals surface area contributed by atoms with Crippen LogP contribution in [0.15, 0.2) is 134 Å². The number of rotatable bonds is 46. The second-order valence-corrected chi connectivity index (χ2v) is 17.0. The van der Waals surface area contributed by atoms with Crippen molar-refractivity contribution in [2.24, 2.45) is 0 Å². The maximum atomic E-state index is 12.7. The summed E-state index contributed by atoms with van der Waals surface area (Å²) >= 11 is 0. The Morgan fingerprint density at radius 2 is 0.627 bits per heavy atom. The van der Waals surface area contributed by atoms with Gasteiger partial charge in [-0.15, -0.1) is 0 Å². The van der Waals surface area contributed by atoms with Gasteiger partial charge in [0, 0.05) is 12.8 Å². The molecule has 0 aromatic rings. The van der Waals surface area contributed by atoms with E-state index in [1.165, 1.54) is 51.4 Å². The van der Waals surface area contributed by atoms with Crippen LogP contribution in [-0.4, -0.2) is 37.2 Å². The number of allylic oxidation sites excluding steroid dienone is 21. The molecule has 0 saturated carbocycles. The van der Waals surface area contributed by atoms with Crippen molar-refractivity contribution in [2.45, 2.75) is 219 Å². The van der Waals surface area contributed by atoms with Gasteiger partial charge in [-0.05, 0) is 96.3 Å². The van der Waals surface area contributed by atoms with Gasteiger partial charge < -0.3 is 14.2 Å². The van der Waals surface area contributed by atoms with Gasteiger partial charge in [-0.25, -0.2) is 0 Å². The summed E-state index contributed by atoms with van der Waals surface area (Å²) in [5.41, 5.74) is 0. The summed E-state index contributed by atoms with van der Waals surface area (Å²) in [6, 6.07) is 0. The van der Waals surface area contributed by atoms with E-state index < -0.39 is 12.1 Å². The predicted molar refractivity (Wildman–Crippen MR) is 288 cm³/mol. The SMILES string of the molecule is CC/C=C\C/C=C\C/C=C\C/C=C\C/C=C\C/C=C\CCCCCCC(=O)OCC(COC(=O)CCCCCCCCCCCCC)OC(=O)C/C=C\C/C=C\C/C=C\C/C=C\C/C=C\CC. The Balaban J connectivity index is 4.51. The molecule has 0 aliphatic rings. The first-order valence-corrected chi connectivity index (χ1v) is 26.7. The van der Waals surface area contributed by atoms with Crippen LogP contribution in [0.25, 0.3) is 0 Å². The third-order valence-electron chi connectivity index (χ3n) is 10.7. The van der Waals surface area contributed by atoms with Gasteiger partial charge in [0.2, 0.25) is 0 Å². The van der Waals surface area contributed by atoms with E-state index in [1.54, 1.807) is 6.08 Å². The third kappa shape index (κ3) is 52.4. The van der Waals surface area contributed by atoms with Gasteiger partial charge in [0.1, 0.15) is 13.2 Å². The Bertz CT molecular complexity index is 1480. The average Bonchev–Trinajstić information content (AvgIpc) is 3.33. The van der Waals surface area contributed by atoms with Crippen molar-refractivity contribution in [3.63, 3.8) is 0 Å². The second kappa shape index (κ2) is 54.2. The van der Waals surface area contributed by atoms with Crippen LogP contribution in [0.5, 0.6) is 0 Å². The lowest BCUT2D eigenvalue weighted by Crippen LogP contribution is -2.30. The maximum absolute atomic E-state index is 12.7. The minimum atomic E-state index is -0.846. The van der Waals surface area contributed by atoms with E-state index in [4.69, 9.17) is 14.2 Å². The molecule has 0 saturated heterocycles. The second-order valence-electron chi connectivity index (χ2n) is 17.0. The minimum Gasteiger partial charge on any atom is -0.462 e. The van der Waals surface area contributed by atoms with Gasteiger partial charge >= 0.3 is 17.9 Å². The van der Waals surface area contributed by atoms with Gasteiger partial charge in [-0.2, -0.15) is 0 Å². The highest BCUT2D eigenvalue weighted by Gasteiger charge is 2.19. The molecule has 0 fully saturated rings. The summed E-state index contributed by atoms with van der Waals surface area (Å²) in [7, 11) is 0. The Kier molecular flexibility index (Phi) is 50.6. The number of carbonyl (C=O) groups excluding carboxylic acids is 3. The first kappa shape index (κ1) is 62.5. The van der Waals surface area contributed by atoms with Crippen molar-refractivity contribution in [3.8, 4) is 0 Å². The molecule has 0 rings (SSSR count). The zero-order chi connectivity index (χ0) is 48.6. The number of hydrogen-bond acceptors (Lipinski definition) is 6. The van der Waals surface area contributed by atoms with Gasteiger partial charge in [-0.1, -0.05) is 231 Å². The third-order valence-corrected chi connectivity index (χ3v) is 10.7. The highest BCUT2D eigenvalue weighted by Crippen LogP contribution is 2.13. The molecule has 6 heteroatoms. The van der Waals surface area contributed by atoms with Crippen LogP contribution in [0.3, 0.4) is 0 Å². The first-order valence-electron chi connectivity index (χ1n) is 26.7. The summed E-state index contributed by atoms with van der Waals surface area (Å²) in [6.07, 6.45) is 76.1. The monoisotopic (exact) mass is 925 g/mol. The molecule has 1 unspecified atom stereocenters. The molecule has 0 amide bonds. The largest absolute Gasteiger partial charge is 0.462 e. The summed E-state index contributed by atoms with van der Waals surface area (Å²) in [4.78, 5) is 37.9. The zero-order valence-corrected chi connectivity index (χ0v) is 42.9. The lowest BCUT2D eigenvalue weighted by molar-refractivity contribution is -0.166. The molecule has 376 valence electrons. The molecule has 0 aromatic carbocycles.